The number of hydrogen-bond donors (Lipinski definition) is 0. The third kappa shape index (κ3) is 11.7. The van der Waals surface area contributed by atoms with Gasteiger partial charge in [0.1, 0.15) is 47.2 Å². The van der Waals surface area contributed by atoms with Gasteiger partial charge in [-0.15, -0.1) is 0 Å². The molecule has 0 spiro atoms. The highest BCUT2D eigenvalue weighted by Crippen LogP contribution is 2.36. The van der Waals surface area contributed by atoms with Gasteiger partial charge in [-0.3, -0.25) is 15.0 Å². The zero-order valence-corrected chi connectivity index (χ0v) is 31.7. The molecule has 0 aliphatic rings. The van der Waals surface area contributed by atoms with Gasteiger partial charge in [0.05, 0.1) is 15.8 Å². The number of aryl methyl sites for hydroxylation is 1. The number of benzene rings is 4. The SMILES string of the molecule is CCc1ccc(S(=O)(=O)[O-])cc1.c1cc(OCc2ccncc2)cc([S+](c2cccc(OCc3ccncc3)c2)c2cccc(OCc3ccncc3)c2)c1. The highest BCUT2D eigenvalue weighted by molar-refractivity contribution is 7.97. The van der Waals surface area contributed by atoms with Gasteiger partial charge in [0.15, 0.2) is 14.7 Å². The van der Waals surface area contributed by atoms with Crippen LogP contribution in [0.2, 0.25) is 0 Å². The second-order valence-corrected chi connectivity index (χ2v) is 15.5. The molecule has 4 aromatic carbocycles. The summed E-state index contributed by atoms with van der Waals surface area (Å²) in [5.74, 6) is 2.42. The first-order valence-electron chi connectivity index (χ1n) is 17.5. The average Bonchev–Trinajstić information content (AvgIpc) is 3.23. The molecule has 0 saturated carbocycles. The van der Waals surface area contributed by atoms with Crippen molar-refractivity contribution in [2.24, 2.45) is 0 Å². The summed E-state index contributed by atoms with van der Waals surface area (Å²) in [7, 11) is -4.74. The lowest BCUT2D eigenvalue weighted by Gasteiger charge is -2.13. The molecule has 9 nitrogen and oxygen atoms in total. The van der Waals surface area contributed by atoms with Crippen LogP contribution >= 0.6 is 0 Å². The van der Waals surface area contributed by atoms with Crippen molar-refractivity contribution in [3.05, 3.63) is 193 Å². The van der Waals surface area contributed by atoms with Gasteiger partial charge in [0.2, 0.25) is 0 Å². The monoisotopic (exact) mass is 769 g/mol. The van der Waals surface area contributed by atoms with Crippen molar-refractivity contribution >= 4 is 21.0 Å². The van der Waals surface area contributed by atoms with Crippen LogP contribution < -0.4 is 14.2 Å². The lowest BCUT2D eigenvalue weighted by atomic mass is 10.2. The molecule has 0 fully saturated rings. The Morgan fingerprint density at radius 2 is 0.836 bits per heavy atom. The van der Waals surface area contributed by atoms with E-state index < -0.39 is 21.0 Å². The molecule has 3 heterocycles. The summed E-state index contributed by atoms with van der Waals surface area (Å²) >= 11 is 0. The van der Waals surface area contributed by atoms with Gasteiger partial charge >= 0.3 is 0 Å². The summed E-state index contributed by atoms with van der Waals surface area (Å²) in [5, 5.41) is 0. The normalized spacial score (nSPS) is 11.0. The van der Waals surface area contributed by atoms with E-state index in [2.05, 4.69) is 51.4 Å². The molecule has 0 N–H and O–H groups in total. The fraction of sp³-hybridized carbons (Fsp3) is 0.114. The van der Waals surface area contributed by atoms with E-state index in [0.717, 1.165) is 60.6 Å². The molecule has 3 aromatic heterocycles. The Hall–Kier alpha value is -6.01. The first kappa shape index (κ1) is 38.7. The quantitative estimate of drug-likeness (QED) is 0.0788. The molecule has 0 atom stereocenters. The van der Waals surface area contributed by atoms with E-state index in [9.17, 15) is 13.0 Å². The summed E-state index contributed by atoms with van der Waals surface area (Å²) in [5.41, 5.74) is 4.22. The van der Waals surface area contributed by atoms with Crippen molar-refractivity contribution in [1.29, 1.82) is 0 Å². The molecule has 11 heteroatoms. The Labute approximate surface area is 324 Å². The summed E-state index contributed by atoms with van der Waals surface area (Å²) in [6, 6.07) is 42.7. The summed E-state index contributed by atoms with van der Waals surface area (Å²) in [4.78, 5) is 15.5. The summed E-state index contributed by atoms with van der Waals surface area (Å²) in [6.07, 6.45) is 11.5. The van der Waals surface area contributed by atoms with Crippen LogP contribution in [0.5, 0.6) is 17.2 Å². The predicted molar refractivity (Wildman–Crippen MR) is 211 cm³/mol. The minimum atomic E-state index is -4.28. The van der Waals surface area contributed by atoms with E-state index in [-0.39, 0.29) is 4.90 Å². The van der Waals surface area contributed by atoms with Crippen LogP contribution in [0.4, 0.5) is 0 Å². The molecule has 0 aliphatic carbocycles. The highest BCUT2D eigenvalue weighted by Gasteiger charge is 2.30. The van der Waals surface area contributed by atoms with Crippen molar-refractivity contribution in [2.45, 2.75) is 52.7 Å². The van der Waals surface area contributed by atoms with Crippen LogP contribution in [0.25, 0.3) is 0 Å². The van der Waals surface area contributed by atoms with E-state index in [4.69, 9.17) is 14.2 Å². The zero-order chi connectivity index (χ0) is 38.3. The maximum Gasteiger partial charge on any atom is 0.170 e. The predicted octanol–water partition coefficient (Wildman–Crippen LogP) is 8.86. The summed E-state index contributed by atoms with van der Waals surface area (Å²) in [6.45, 7) is 3.37. The van der Waals surface area contributed by atoms with Crippen LogP contribution in [-0.2, 0) is 47.3 Å². The van der Waals surface area contributed by atoms with Crippen LogP contribution in [-0.4, -0.2) is 27.9 Å². The molecule has 7 aromatic rings. The summed E-state index contributed by atoms with van der Waals surface area (Å²) < 4.78 is 50.0. The standard InChI is InChI=1S/C36H30N3O3S.C8H10O3S/c1-4-31(40-25-28-10-16-37-17-11-28)22-34(7-1)43(35-8-2-5-32(23-35)41-26-29-12-18-38-19-13-29)36-9-3-6-33(24-36)42-27-30-14-20-39-21-15-30;1-2-7-3-5-8(6-4-7)12(9,10)11/h1-24H,25-27H2;3-6H,2H2,1H3,(H,9,10,11)/q+1;/p-1. The molecule has 0 saturated heterocycles. The van der Waals surface area contributed by atoms with E-state index in [0.29, 0.717) is 19.8 Å². The van der Waals surface area contributed by atoms with E-state index in [1.807, 2.05) is 79.7 Å². The molecular weight excluding hydrogens is 731 g/mol. The van der Waals surface area contributed by atoms with Crippen molar-refractivity contribution < 1.29 is 27.2 Å². The van der Waals surface area contributed by atoms with Gasteiger partial charge in [0, 0.05) is 55.4 Å². The molecule has 278 valence electrons. The Morgan fingerprint density at radius 1 is 0.491 bits per heavy atom. The van der Waals surface area contributed by atoms with Gasteiger partial charge in [0.25, 0.3) is 0 Å². The van der Waals surface area contributed by atoms with Crippen LogP contribution in [0, 0.1) is 0 Å². The Balaban J connectivity index is 0.000000367. The van der Waals surface area contributed by atoms with Crippen molar-refractivity contribution in [2.75, 3.05) is 0 Å². The molecule has 0 aliphatic heterocycles. The van der Waals surface area contributed by atoms with Gasteiger partial charge in [-0.05, 0) is 114 Å². The van der Waals surface area contributed by atoms with Crippen LogP contribution in [0.15, 0.2) is 190 Å². The zero-order valence-electron chi connectivity index (χ0n) is 30.1. The fourth-order valence-electron chi connectivity index (χ4n) is 5.31. The Morgan fingerprint density at radius 3 is 1.15 bits per heavy atom. The largest absolute Gasteiger partial charge is 0.744 e. The average molecular weight is 770 g/mol. The van der Waals surface area contributed by atoms with E-state index in [1.54, 1.807) is 49.3 Å². The second kappa shape index (κ2) is 19.4. The molecular formula is C44H39N3O6S2. The lowest BCUT2D eigenvalue weighted by molar-refractivity contribution is 0.305. The number of nitrogens with zero attached hydrogens (tertiary/aromatic N) is 3. The number of hydrogen-bond acceptors (Lipinski definition) is 9. The third-order valence-electron chi connectivity index (χ3n) is 8.21. The third-order valence-corrected chi connectivity index (χ3v) is 11.2. The highest BCUT2D eigenvalue weighted by atomic mass is 32.2. The van der Waals surface area contributed by atoms with Gasteiger partial charge in [-0.1, -0.05) is 37.3 Å². The maximum absolute atomic E-state index is 10.5. The van der Waals surface area contributed by atoms with E-state index >= 15 is 0 Å². The molecule has 7 rings (SSSR count). The first-order chi connectivity index (χ1) is 26.8. The van der Waals surface area contributed by atoms with Gasteiger partial charge in [-0.25, -0.2) is 8.42 Å². The fourth-order valence-corrected chi connectivity index (χ4v) is 7.94. The topological polar surface area (TPSA) is 124 Å². The number of pyridine rings is 3. The van der Waals surface area contributed by atoms with Crippen molar-refractivity contribution in [3.63, 3.8) is 0 Å². The lowest BCUT2D eigenvalue weighted by Crippen LogP contribution is -2.07. The smallest absolute Gasteiger partial charge is 0.170 e. The van der Waals surface area contributed by atoms with Gasteiger partial charge in [-0.2, -0.15) is 0 Å². The minimum Gasteiger partial charge on any atom is -0.744 e. The van der Waals surface area contributed by atoms with Crippen molar-refractivity contribution in [1.82, 2.24) is 15.0 Å². The molecule has 0 radical (unpaired) electrons. The minimum absolute atomic E-state index is 0.167. The van der Waals surface area contributed by atoms with E-state index in [1.165, 1.54) is 12.1 Å². The molecule has 0 unspecified atom stereocenters. The van der Waals surface area contributed by atoms with Gasteiger partial charge < -0.3 is 18.8 Å². The molecule has 0 amide bonds. The molecule has 55 heavy (non-hydrogen) atoms. The molecule has 0 bridgehead atoms. The number of ether oxygens (including phenoxy) is 3. The van der Waals surface area contributed by atoms with Crippen LogP contribution in [0.1, 0.15) is 29.2 Å². The Bertz CT molecular complexity index is 2140. The second-order valence-electron chi connectivity index (χ2n) is 12.1. The Kier molecular flexibility index (Phi) is 13.6. The van der Waals surface area contributed by atoms with Crippen LogP contribution in [0.3, 0.4) is 0 Å². The van der Waals surface area contributed by atoms with Crippen molar-refractivity contribution in [3.8, 4) is 17.2 Å². The first-order valence-corrected chi connectivity index (χ1v) is 20.1. The number of aromatic nitrogens is 3. The number of rotatable bonds is 14. The maximum atomic E-state index is 10.5.